The summed E-state index contributed by atoms with van der Waals surface area (Å²) in [7, 11) is 1.75. The average Bonchev–Trinajstić information content (AvgIpc) is 3.31. The fraction of sp³-hybridized carbons (Fsp3) is 0.308. The van der Waals surface area contributed by atoms with Gasteiger partial charge in [-0.25, -0.2) is 4.79 Å². The summed E-state index contributed by atoms with van der Waals surface area (Å²) in [5, 5.41) is 27.7. The Balaban J connectivity index is 0.776. The van der Waals surface area contributed by atoms with E-state index in [0.29, 0.717) is 84.5 Å². The van der Waals surface area contributed by atoms with Gasteiger partial charge in [0.25, 0.3) is 5.91 Å². The predicted octanol–water partition coefficient (Wildman–Crippen LogP) is 8.63. The number of phenolic OH excluding ortho intramolecular Hbond substituents is 1. The van der Waals surface area contributed by atoms with Crippen LogP contribution in [0.1, 0.15) is 72.2 Å². The first-order valence-electron chi connectivity index (χ1n) is 22.1. The van der Waals surface area contributed by atoms with Gasteiger partial charge in [-0.05, 0) is 109 Å². The first-order valence-corrected chi connectivity index (χ1v) is 22.1. The van der Waals surface area contributed by atoms with Crippen molar-refractivity contribution in [1.82, 2.24) is 15.2 Å². The zero-order valence-corrected chi connectivity index (χ0v) is 36.5. The molecule has 2 atom stereocenters. The summed E-state index contributed by atoms with van der Waals surface area (Å²) < 4.78 is 5.78. The number of fused-ring (bicyclic) bond motifs is 1. The van der Waals surface area contributed by atoms with Gasteiger partial charge in [0, 0.05) is 67.9 Å². The van der Waals surface area contributed by atoms with Crippen LogP contribution in [0.3, 0.4) is 0 Å². The molecular weight excluding hydrogens is 807 g/mol. The van der Waals surface area contributed by atoms with Crippen molar-refractivity contribution >= 4 is 40.2 Å². The number of aromatic nitrogens is 1. The Bertz CT molecular complexity index is 2570. The second-order valence-electron chi connectivity index (χ2n) is 16.7. The Morgan fingerprint density at radius 1 is 0.844 bits per heavy atom. The normalized spacial score (nSPS) is 14.1. The second kappa shape index (κ2) is 21.5. The van der Waals surface area contributed by atoms with E-state index in [-0.39, 0.29) is 29.2 Å². The first kappa shape index (κ1) is 45.3. The third-order valence-corrected chi connectivity index (χ3v) is 12.1. The molecule has 64 heavy (non-hydrogen) atoms. The number of ether oxygens (including phenoxy) is 1. The number of carbonyl (C=O) groups excluding carboxylic acids is 3. The van der Waals surface area contributed by atoms with Crippen LogP contribution in [0.5, 0.6) is 5.75 Å². The van der Waals surface area contributed by atoms with Gasteiger partial charge in [-0.15, -0.1) is 0 Å². The van der Waals surface area contributed by atoms with E-state index in [2.05, 4.69) is 51.7 Å². The molecule has 12 heteroatoms. The van der Waals surface area contributed by atoms with Crippen LogP contribution in [0, 0.1) is 5.92 Å². The number of aliphatic hydroxyl groups is 1. The molecule has 5 N–H and O–H groups in total. The lowest BCUT2D eigenvalue weighted by Gasteiger charge is -2.31. The van der Waals surface area contributed by atoms with Crippen LogP contribution >= 0.6 is 0 Å². The SMILES string of the molecule is C[C@H](CC[C@H](O)c1ccc(O)c2[nH]c(=O)ccc12)Cc1ccc(CCNC(=O)c2ccc(N(C)C(=O)CCN3CCC(OC(=O)Nc4ccccc4-c4ccccc4)CC3)cc2)cc1. The molecule has 1 aliphatic heterocycles. The lowest BCUT2D eigenvalue weighted by molar-refractivity contribution is -0.118. The number of anilines is 2. The van der Waals surface area contributed by atoms with E-state index < -0.39 is 12.2 Å². The zero-order valence-electron chi connectivity index (χ0n) is 36.5. The third kappa shape index (κ3) is 12.0. The molecular formula is C52H57N5O7. The van der Waals surface area contributed by atoms with Gasteiger partial charge in [-0.2, -0.15) is 0 Å². The standard InChI is InChI=1S/C52H57N5O7/c1-35(12-23-46(58)43-21-24-47(59)50-44(43)22-25-48(60)55-50)34-37-15-13-36(14-16-37)26-30-53-51(62)39-17-19-40(20-18-39)56(2)49(61)29-33-57-31-27-41(28-32-57)64-52(63)54-45-11-7-6-10-42(45)38-8-4-3-5-9-38/h3-11,13-22,24-25,35,41,46,58-59H,12,23,26-34H2,1-2H3,(H,53,62)(H,54,63)(H,55,60)/t35-,46+/m1/s1. The van der Waals surface area contributed by atoms with Gasteiger partial charge in [0.15, 0.2) is 0 Å². The smallest absolute Gasteiger partial charge is 0.411 e. The lowest BCUT2D eigenvalue weighted by atomic mass is 9.92. The Hall–Kier alpha value is -6.76. The van der Waals surface area contributed by atoms with Crippen molar-refractivity contribution in [3.05, 3.63) is 160 Å². The van der Waals surface area contributed by atoms with Crippen LogP contribution in [0.25, 0.3) is 22.0 Å². The van der Waals surface area contributed by atoms with Crippen LogP contribution in [0.15, 0.2) is 132 Å². The molecule has 1 aromatic heterocycles. The summed E-state index contributed by atoms with van der Waals surface area (Å²) in [5.41, 5.74) is 6.89. The molecule has 0 saturated carbocycles. The number of amides is 3. The van der Waals surface area contributed by atoms with Gasteiger partial charge in [0.2, 0.25) is 11.5 Å². The summed E-state index contributed by atoms with van der Waals surface area (Å²) in [4.78, 5) is 57.2. The topological polar surface area (TPSA) is 164 Å². The van der Waals surface area contributed by atoms with Crippen LogP contribution < -0.4 is 21.1 Å². The van der Waals surface area contributed by atoms with Crippen molar-refractivity contribution in [2.75, 3.05) is 43.4 Å². The molecule has 1 saturated heterocycles. The van der Waals surface area contributed by atoms with E-state index in [1.165, 1.54) is 17.7 Å². The van der Waals surface area contributed by atoms with Gasteiger partial charge in [0.05, 0.1) is 17.3 Å². The predicted molar refractivity (Wildman–Crippen MR) is 252 cm³/mol. The Labute approximate surface area is 373 Å². The molecule has 7 rings (SSSR count). The maximum absolute atomic E-state index is 13.1. The van der Waals surface area contributed by atoms with Gasteiger partial charge in [-0.1, -0.05) is 85.8 Å². The number of benzene rings is 5. The minimum Gasteiger partial charge on any atom is -0.506 e. The molecule has 0 bridgehead atoms. The summed E-state index contributed by atoms with van der Waals surface area (Å²) in [6.07, 6.45) is 3.21. The third-order valence-electron chi connectivity index (χ3n) is 12.1. The van der Waals surface area contributed by atoms with Gasteiger partial charge < -0.3 is 35.1 Å². The molecule has 3 amide bonds. The van der Waals surface area contributed by atoms with E-state index in [1.54, 1.807) is 48.3 Å². The molecule has 0 unspecified atom stereocenters. The highest BCUT2D eigenvalue weighted by atomic mass is 16.6. The van der Waals surface area contributed by atoms with E-state index in [1.807, 2.05) is 54.6 Å². The maximum Gasteiger partial charge on any atom is 0.411 e. The number of nitrogens with zero attached hydrogens (tertiary/aromatic N) is 2. The van der Waals surface area contributed by atoms with Crippen LogP contribution in [0.4, 0.5) is 16.2 Å². The van der Waals surface area contributed by atoms with Gasteiger partial charge in [-0.3, -0.25) is 19.7 Å². The van der Waals surface area contributed by atoms with E-state index >= 15 is 0 Å². The number of piperidine rings is 1. The van der Waals surface area contributed by atoms with Gasteiger partial charge in [0.1, 0.15) is 11.9 Å². The number of nitrogens with one attached hydrogen (secondary N) is 3. The van der Waals surface area contributed by atoms with E-state index in [0.717, 1.165) is 42.6 Å². The Morgan fingerprint density at radius 3 is 2.30 bits per heavy atom. The Morgan fingerprint density at radius 2 is 1.55 bits per heavy atom. The summed E-state index contributed by atoms with van der Waals surface area (Å²) >= 11 is 0. The number of carbonyl (C=O) groups is 3. The second-order valence-corrected chi connectivity index (χ2v) is 16.7. The highest BCUT2D eigenvalue weighted by Crippen LogP contribution is 2.32. The number of likely N-dealkylation sites (tertiary alicyclic amines) is 1. The van der Waals surface area contributed by atoms with Crippen molar-refractivity contribution in [3.8, 4) is 16.9 Å². The number of hydrogen-bond acceptors (Lipinski definition) is 8. The van der Waals surface area contributed by atoms with Crippen molar-refractivity contribution in [1.29, 1.82) is 0 Å². The summed E-state index contributed by atoms with van der Waals surface area (Å²) in [6.45, 7) is 4.70. The largest absolute Gasteiger partial charge is 0.506 e. The number of aliphatic hydroxyl groups excluding tert-OH is 1. The number of phenols is 1. The maximum atomic E-state index is 13.1. The number of para-hydroxylation sites is 1. The van der Waals surface area contributed by atoms with Crippen molar-refractivity contribution in [2.24, 2.45) is 5.92 Å². The highest BCUT2D eigenvalue weighted by Gasteiger charge is 2.24. The number of pyridine rings is 1. The van der Waals surface area contributed by atoms with Crippen LogP contribution in [-0.4, -0.2) is 77.3 Å². The van der Waals surface area contributed by atoms with Crippen molar-refractivity contribution < 1.29 is 29.3 Å². The fourth-order valence-electron chi connectivity index (χ4n) is 8.32. The Kier molecular flexibility index (Phi) is 15.2. The summed E-state index contributed by atoms with van der Waals surface area (Å²) in [5.74, 6) is 0.0968. The summed E-state index contributed by atoms with van der Waals surface area (Å²) in [6, 6.07) is 39.2. The van der Waals surface area contributed by atoms with Crippen LogP contribution in [-0.2, 0) is 22.4 Å². The molecule has 2 heterocycles. The number of rotatable bonds is 17. The van der Waals surface area contributed by atoms with E-state index in [9.17, 15) is 29.4 Å². The van der Waals surface area contributed by atoms with Crippen LogP contribution in [0.2, 0.25) is 0 Å². The minimum atomic E-state index is -0.726. The molecule has 332 valence electrons. The number of hydrogen-bond donors (Lipinski definition) is 5. The molecule has 6 aromatic rings. The molecule has 12 nitrogen and oxygen atoms in total. The van der Waals surface area contributed by atoms with Crippen molar-refractivity contribution in [2.45, 2.75) is 64.1 Å². The number of H-pyrrole nitrogens is 1. The number of aromatic hydroxyl groups is 1. The van der Waals surface area contributed by atoms with E-state index in [4.69, 9.17) is 4.74 Å². The lowest BCUT2D eigenvalue weighted by Crippen LogP contribution is -2.40. The molecule has 1 fully saturated rings. The first-order chi connectivity index (χ1) is 31.0. The average molecular weight is 864 g/mol. The molecule has 0 aliphatic carbocycles. The monoisotopic (exact) mass is 863 g/mol. The van der Waals surface area contributed by atoms with Crippen molar-refractivity contribution in [3.63, 3.8) is 0 Å². The fourth-order valence-corrected chi connectivity index (χ4v) is 8.32. The minimum absolute atomic E-state index is 0.0221. The highest BCUT2D eigenvalue weighted by molar-refractivity contribution is 5.96. The molecule has 0 spiro atoms. The number of aromatic amines is 1. The van der Waals surface area contributed by atoms with Gasteiger partial charge >= 0.3 is 6.09 Å². The molecule has 1 aliphatic rings. The molecule has 0 radical (unpaired) electrons. The molecule has 5 aromatic carbocycles. The quantitative estimate of drug-likeness (QED) is 0.0609. The zero-order chi connectivity index (χ0) is 45.0.